The lowest BCUT2D eigenvalue weighted by Crippen LogP contribution is -2.18. The molecule has 0 aromatic heterocycles. The molecule has 1 N–H and O–H groups in total. The average molecular weight is 433 g/mol. The summed E-state index contributed by atoms with van der Waals surface area (Å²) in [6, 6.07) is 26.3. The average Bonchev–Trinajstić information content (AvgIpc) is 2.81. The summed E-state index contributed by atoms with van der Waals surface area (Å²) in [7, 11) is 0. The molecular formula is C28H32O4. The maximum Gasteiger partial charge on any atom is 0.338 e. The number of hydrogen-bond donors (Lipinski definition) is 1. The molecule has 2 unspecified atom stereocenters. The summed E-state index contributed by atoms with van der Waals surface area (Å²) in [5, 5.41) is 9.26. The summed E-state index contributed by atoms with van der Waals surface area (Å²) < 4.78 is 5.44. The quantitative estimate of drug-likeness (QED) is 0.399. The van der Waals surface area contributed by atoms with Crippen LogP contribution >= 0.6 is 0 Å². The molecule has 0 heterocycles. The second kappa shape index (κ2) is 13.1. The van der Waals surface area contributed by atoms with Crippen molar-refractivity contribution >= 4 is 11.9 Å². The third-order valence-corrected chi connectivity index (χ3v) is 5.11. The van der Waals surface area contributed by atoms with Gasteiger partial charge in [-0.05, 0) is 55.0 Å². The summed E-state index contributed by atoms with van der Waals surface area (Å²) in [5.41, 5.74) is 3.00. The lowest BCUT2D eigenvalue weighted by atomic mass is 9.91. The number of carbonyl (C=O) groups excluding carboxylic acids is 1. The molecule has 0 bridgehead atoms. The van der Waals surface area contributed by atoms with Crippen LogP contribution in [-0.2, 0) is 11.2 Å². The van der Waals surface area contributed by atoms with E-state index < -0.39 is 5.97 Å². The highest BCUT2D eigenvalue weighted by Crippen LogP contribution is 2.25. The Labute approximate surface area is 190 Å². The molecule has 3 aromatic carbocycles. The van der Waals surface area contributed by atoms with E-state index in [1.54, 1.807) is 42.5 Å². The minimum atomic E-state index is -0.943. The van der Waals surface area contributed by atoms with Crippen molar-refractivity contribution in [3.63, 3.8) is 0 Å². The molecule has 32 heavy (non-hydrogen) atoms. The van der Waals surface area contributed by atoms with Crippen molar-refractivity contribution in [3.05, 3.63) is 107 Å². The molecule has 0 fully saturated rings. The highest BCUT2D eigenvalue weighted by Gasteiger charge is 2.19. The molecule has 3 rings (SSSR count). The fourth-order valence-electron chi connectivity index (χ4n) is 3.55. The zero-order valence-corrected chi connectivity index (χ0v) is 19.0. The van der Waals surface area contributed by atoms with Crippen molar-refractivity contribution in [1.82, 2.24) is 0 Å². The van der Waals surface area contributed by atoms with Gasteiger partial charge in [-0.15, -0.1) is 0 Å². The Morgan fingerprint density at radius 2 is 1.41 bits per heavy atom. The first-order valence-corrected chi connectivity index (χ1v) is 11.0. The molecule has 3 aromatic rings. The number of esters is 1. The maximum absolute atomic E-state index is 12.0. The fraction of sp³-hybridized carbons (Fsp3) is 0.286. The molecule has 4 heteroatoms. The van der Waals surface area contributed by atoms with Crippen molar-refractivity contribution in [3.8, 4) is 0 Å². The molecule has 0 aliphatic heterocycles. The van der Waals surface area contributed by atoms with E-state index in [0.717, 1.165) is 5.56 Å². The monoisotopic (exact) mass is 432 g/mol. The number of benzene rings is 3. The lowest BCUT2D eigenvalue weighted by molar-refractivity contribution is 0.0312. The standard InChI is InChI=1S/C19H20O4.C9H12/c1-13(16-10-6-7-11-17(16)18(20)21)12-14(2)23-19(22)15-8-4-3-5-9-15;1-2-6-9-7-4-3-5-8-9/h3-11,13-14H,12H2,1-2H3,(H,20,21);3-5,7-8H,2,6H2,1H3. The Bertz CT molecular complexity index is 967. The minimum Gasteiger partial charge on any atom is -0.478 e. The van der Waals surface area contributed by atoms with E-state index in [2.05, 4.69) is 37.3 Å². The van der Waals surface area contributed by atoms with Crippen LogP contribution in [-0.4, -0.2) is 23.1 Å². The van der Waals surface area contributed by atoms with Crippen molar-refractivity contribution in [2.45, 2.75) is 52.1 Å². The molecule has 2 atom stereocenters. The highest BCUT2D eigenvalue weighted by atomic mass is 16.5. The van der Waals surface area contributed by atoms with Crippen LogP contribution in [0.1, 0.15) is 71.4 Å². The number of carboxylic acid groups (broad SMARTS) is 1. The Hall–Kier alpha value is -3.40. The lowest BCUT2D eigenvalue weighted by Gasteiger charge is -2.19. The van der Waals surface area contributed by atoms with E-state index >= 15 is 0 Å². The Morgan fingerprint density at radius 1 is 0.844 bits per heavy atom. The number of hydrogen-bond acceptors (Lipinski definition) is 3. The largest absolute Gasteiger partial charge is 0.478 e. The zero-order chi connectivity index (χ0) is 23.3. The van der Waals surface area contributed by atoms with Crippen LogP contribution < -0.4 is 0 Å². The van der Waals surface area contributed by atoms with E-state index in [-0.39, 0.29) is 18.0 Å². The van der Waals surface area contributed by atoms with E-state index in [4.69, 9.17) is 4.74 Å². The van der Waals surface area contributed by atoms with Gasteiger partial charge in [0.2, 0.25) is 0 Å². The van der Waals surface area contributed by atoms with Gasteiger partial charge in [0.05, 0.1) is 17.2 Å². The first-order chi connectivity index (χ1) is 15.4. The zero-order valence-electron chi connectivity index (χ0n) is 19.0. The highest BCUT2D eigenvalue weighted by molar-refractivity contribution is 5.90. The number of carboxylic acids is 1. The van der Waals surface area contributed by atoms with E-state index in [1.165, 1.54) is 18.4 Å². The normalized spacial score (nSPS) is 12.1. The van der Waals surface area contributed by atoms with Gasteiger partial charge in [0, 0.05) is 0 Å². The summed E-state index contributed by atoms with van der Waals surface area (Å²) in [6.07, 6.45) is 2.70. The second-order valence-corrected chi connectivity index (χ2v) is 7.85. The Kier molecular flexibility index (Phi) is 10.2. The summed E-state index contributed by atoms with van der Waals surface area (Å²) in [6.45, 7) is 5.96. The summed E-state index contributed by atoms with van der Waals surface area (Å²) in [5.74, 6) is -1.33. The third-order valence-electron chi connectivity index (χ3n) is 5.11. The first-order valence-electron chi connectivity index (χ1n) is 11.0. The smallest absolute Gasteiger partial charge is 0.338 e. The molecule has 0 amide bonds. The van der Waals surface area contributed by atoms with Crippen LogP contribution in [0.25, 0.3) is 0 Å². The van der Waals surface area contributed by atoms with Crippen molar-refractivity contribution < 1.29 is 19.4 Å². The molecule has 0 spiro atoms. The SMILES string of the molecule is CC(CC(C)c1ccccc1C(=O)O)OC(=O)c1ccccc1.CCCc1ccccc1. The minimum absolute atomic E-state index is 0.0270. The molecule has 0 aliphatic rings. The van der Waals surface area contributed by atoms with Gasteiger partial charge in [-0.1, -0.05) is 87.0 Å². The van der Waals surface area contributed by atoms with Gasteiger partial charge in [0.25, 0.3) is 0 Å². The molecule has 168 valence electrons. The number of ether oxygens (including phenoxy) is 1. The number of aryl methyl sites for hydroxylation is 1. The topological polar surface area (TPSA) is 63.6 Å². The van der Waals surface area contributed by atoms with Gasteiger partial charge in [-0.25, -0.2) is 9.59 Å². The fourth-order valence-corrected chi connectivity index (χ4v) is 3.55. The van der Waals surface area contributed by atoms with Crippen LogP contribution in [0.2, 0.25) is 0 Å². The van der Waals surface area contributed by atoms with Gasteiger partial charge in [0.15, 0.2) is 0 Å². The molecular weight excluding hydrogens is 400 g/mol. The third kappa shape index (κ3) is 8.03. The van der Waals surface area contributed by atoms with Crippen molar-refractivity contribution in [1.29, 1.82) is 0 Å². The van der Waals surface area contributed by atoms with E-state index in [1.807, 2.05) is 26.0 Å². The Balaban J connectivity index is 0.000000336. The predicted molar refractivity (Wildman–Crippen MR) is 128 cm³/mol. The molecule has 0 saturated carbocycles. The van der Waals surface area contributed by atoms with Crippen molar-refractivity contribution in [2.24, 2.45) is 0 Å². The summed E-state index contributed by atoms with van der Waals surface area (Å²) >= 11 is 0. The molecule has 0 saturated heterocycles. The molecule has 0 aliphatic carbocycles. The van der Waals surface area contributed by atoms with E-state index in [0.29, 0.717) is 17.5 Å². The van der Waals surface area contributed by atoms with Crippen LogP contribution in [0.5, 0.6) is 0 Å². The number of carbonyl (C=O) groups is 2. The van der Waals surface area contributed by atoms with E-state index in [9.17, 15) is 14.7 Å². The van der Waals surface area contributed by atoms with Crippen LogP contribution in [0, 0.1) is 0 Å². The number of aromatic carboxylic acids is 1. The number of rotatable bonds is 8. The molecule has 4 nitrogen and oxygen atoms in total. The van der Waals surface area contributed by atoms with Gasteiger partial charge >= 0.3 is 11.9 Å². The predicted octanol–water partition coefficient (Wildman–Crippen LogP) is 6.76. The van der Waals surface area contributed by atoms with Gasteiger partial charge in [-0.3, -0.25) is 0 Å². The first kappa shape index (κ1) is 24.9. The Morgan fingerprint density at radius 3 is 2.00 bits per heavy atom. The van der Waals surface area contributed by atoms with Crippen LogP contribution in [0.4, 0.5) is 0 Å². The summed E-state index contributed by atoms with van der Waals surface area (Å²) in [4.78, 5) is 23.3. The van der Waals surface area contributed by atoms with Gasteiger partial charge < -0.3 is 9.84 Å². The maximum atomic E-state index is 12.0. The van der Waals surface area contributed by atoms with Gasteiger partial charge in [-0.2, -0.15) is 0 Å². The van der Waals surface area contributed by atoms with Crippen LogP contribution in [0.3, 0.4) is 0 Å². The van der Waals surface area contributed by atoms with Crippen LogP contribution in [0.15, 0.2) is 84.9 Å². The second-order valence-electron chi connectivity index (χ2n) is 7.85. The molecule has 0 radical (unpaired) electrons. The van der Waals surface area contributed by atoms with Gasteiger partial charge in [0.1, 0.15) is 0 Å². The van der Waals surface area contributed by atoms with Crippen molar-refractivity contribution in [2.75, 3.05) is 0 Å².